The third-order valence-corrected chi connectivity index (χ3v) is 4.99. The van der Waals surface area contributed by atoms with Crippen LogP contribution in [0.1, 0.15) is 28.5 Å². The first-order valence-corrected chi connectivity index (χ1v) is 9.87. The van der Waals surface area contributed by atoms with Crippen LogP contribution in [0.15, 0.2) is 54.7 Å². The van der Waals surface area contributed by atoms with Gasteiger partial charge in [0.25, 0.3) is 5.91 Å². The van der Waals surface area contributed by atoms with Crippen LogP contribution in [0, 0.1) is 0 Å². The minimum atomic E-state index is -0.638. The second-order valence-electron chi connectivity index (χ2n) is 7.06. The van der Waals surface area contributed by atoms with E-state index in [1.54, 1.807) is 43.5 Å². The van der Waals surface area contributed by atoms with E-state index in [-0.39, 0.29) is 11.7 Å². The summed E-state index contributed by atoms with van der Waals surface area (Å²) in [4.78, 5) is 43.1. The van der Waals surface area contributed by atoms with Crippen molar-refractivity contribution in [3.8, 4) is 0 Å². The molecule has 8 heteroatoms. The highest BCUT2D eigenvalue weighted by molar-refractivity contribution is 6.07. The Labute approximate surface area is 180 Å². The molecule has 2 amide bonds. The van der Waals surface area contributed by atoms with E-state index in [1.807, 2.05) is 17.0 Å². The highest BCUT2D eigenvalue weighted by atomic mass is 16.5. The molecule has 0 unspecified atom stereocenters. The van der Waals surface area contributed by atoms with Crippen LogP contribution in [-0.4, -0.2) is 58.9 Å². The van der Waals surface area contributed by atoms with Gasteiger partial charge < -0.3 is 9.80 Å². The first-order chi connectivity index (χ1) is 15.0. The molecule has 1 aliphatic heterocycles. The third kappa shape index (κ3) is 6.10. The molecule has 31 heavy (non-hydrogen) atoms. The number of nitrogens with zero attached hydrogens (tertiary/aromatic N) is 3. The summed E-state index contributed by atoms with van der Waals surface area (Å²) < 4.78 is 0. The number of rotatable bonds is 6. The molecule has 1 aromatic carbocycles. The van der Waals surface area contributed by atoms with E-state index in [1.165, 1.54) is 17.6 Å². The van der Waals surface area contributed by atoms with Gasteiger partial charge in [0.1, 0.15) is 0 Å². The Bertz CT molecular complexity index is 989. The van der Waals surface area contributed by atoms with Gasteiger partial charge in [0.15, 0.2) is 5.78 Å². The molecule has 1 aromatic heterocycles. The molecule has 1 aliphatic rings. The molecule has 0 spiro atoms. The van der Waals surface area contributed by atoms with Gasteiger partial charge in [0, 0.05) is 56.6 Å². The van der Waals surface area contributed by atoms with Crippen LogP contribution in [0.5, 0.6) is 0 Å². The van der Waals surface area contributed by atoms with Crippen LogP contribution in [-0.2, 0) is 9.59 Å². The van der Waals surface area contributed by atoms with Crippen LogP contribution >= 0.6 is 0 Å². The summed E-state index contributed by atoms with van der Waals surface area (Å²) in [5.74, 6) is -0.653. The fourth-order valence-corrected chi connectivity index (χ4v) is 3.20. The topological polar surface area (TPSA) is 103 Å². The molecular weight excluding hydrogens is 396 g/mol. The molecule has 3 rings (SSSR count). The number of allylic oxidation sites excluding steroid dienone is 1. The van der Waals surface area contributed by atoms with Crippen LogP contribution in [0.25, 0.3) is 12.2 Å². The summed E-state index contributed by atoms with van der Waals surface area (Å²) >= 11 is 0. The normalized spacial score (nSPS) is 14.3. The zero-order chi connectivity index (χ0) is 22.2. The van der Waals surface area contributed by atoms with Gasteiger partial charge in [-0.2, -0.15) is 0 Å². The van der Waals surface area contributed by atoms with Crippen LogP contribution in [0.3, 0.4) is 0 Å². The average Bonchev–Trinajstić information content (AvgIpc) is 2.81. The SMILES string of the molecule is CC(=O)N1CCN(c2ccc(C(=O)/C=C/c3ccc(/C=C/C(=O)NO)nc3)cc2)CC1. The summed E-state index contributed by atoms with van der Waals surface area (Å²) in [6, 6.07) is 10.9. The van der Waals surface area contributed by atoms with Crippen molar-refractivity contribution in [2.24, 2.45) is 0 Å². The lowest BCUT2D eigenvalue weighted by Gasteiger charge is -2.35. The van der Waals surface area contributed by atoms with E-state index in [4.69, 9.17) is 5.21 Å². The largest absolute Gasteiger partial charge is 0.368 e. The van der Waals surface area contributed by atoms with Crippen molar-refractivity contribution < 1.29 is 19.6 Å². The standard InChI is InChI=1S/C23H24N4O4/c1-17(28)26-12-14-27(15-13-26)21-8-4-19(5-9-21)22(29)10-3-18-2-6-20(24-16-18)7-11-23(30)25-31/h2-11,16,31H,12-15H2,1H3,(H,25,30)/b10-3+,11-7+. The Morgan fingerprint density at radius 1 is 0.968 bits per heavy atom. The number of hydrogen-bond acceptors (Lipinski definition) is 6. The molecule has 0 atom stereocenters. The summed E-state index contributed by atoms with van der Waals surface area (Å²) in [6.07, 6.45) is 7.38. The van der Waals surface area contributed by atoms with Crippen molar-refractivity contribution >= 4 is 35.4 Å². The smallest absolute Gasteiger partial charge is 0.267 e. The summed E-state index contributed by atoms with van der Waals surface area (Å²) in [6.45, 7) is 4.54. The quantitative estimate of drug-likeness (QED) is 0.321. The minimum Gasteiger partial charge on any atom is -0.368 e. The number of anilines is 1. The number of nitrogens with one attached hydrogen (secondary N) is 1. The maximum absolute atomic E-state index is 12.5. The van der Waals surface area contributed by atoms with Crippen LogP contribution < -0.4 is 10.4 Å². The fourth-order valence-electron chi connectivity index (χ4n) is 3.20. The van der Waals surface area contributed by atoms with Gasteiger partial charge in [-0.05, 0) is 54.1 Å². The van der Waals surface area contributed by atoms with Crippen LogP contribution in [0.4, 0.5) is 5.69 Å². The van der Waals surface area contributed by atoms with E-state index in [2.05, 4.69) is 9.88 Å². The van der Waals surface area contributed by atoms with Gasteiger partial charge in [0.2, 0.25) is 5.91 Å². The predicted octanol–water partition coefficient (Wildman–Crippen LogP) is 2.16. The lowest BCUT2D eigenvalue weighted by atomic mass is 10.1. The number of amides is 2. The van der Waals surface area contributed by atoms with Gasteiger partial charge in [-0.3, -0.25) is 24.6 Å². The highest BCUT2D eigenvalue weighted by Crippen LogP contribution is 2.18. The fraction of sp³-hybridized carbons (Fsp3) is 0.217. The average molecular weight is 420 g/mol. The Morgan fingerprint density at radius 3 is 2.26 bits per heavy atom. The third-order valence-electron chi connectivity index (χ3n) is 4.99. The number of aromatic nitrogens is 1. The van der Waals surface area contributed by atoms with Crippen molar-refractivity contribution in [1.29, 1.82) is 0 Å². The van der Waals surface area contributed by atoms with Crippen LogP contribution in [0.2, 0.25) is 0 Å². The molecule has 1 fully saturated rings. The molecule has 2 aromatic rings. The number of carbonyl (C=O) groups excluding carboxylic acids is 3. The van der Waals surface area contributed by atoms with E-state index < -0.39 is 5.91 Å². The van der Waals surface area contributed by atoms with Crippen molar-refractivity contribution in [2.45, 2.75) is 6.92 Å². The maximum atomic E-state index is 12.5. The van der Waals surface area contributed by atoms with Crippen molar-refractivity contribution in [3.05, 3.63) is 71.6 Å². The molecule has 1 saturated heterocycles. The molecule has 160 valence electrons. The predicted molar refractivity (Wildman–Crippen MR) is 117 cm³/mol. The van der Waals surface area contributed by atoms with Gasteiger partial charge in [-0.25, -0.2) is 5.48 Å². The summed E-state index contributed by atoms with van der Waals surface area (Å²) in [7, 11) is 0. The molecular formula is C23H24N4O4. The number of hydrogen-bond donors (Lipinski definition) is 2. The molecule has 0 bridgehead atoms. The number of pyridine rings is 1. The van der Waals surface area contributed by atoms with E-state index >= 15 is 0 Å². The zero-order valence-electron chi connectivity index (χ0n) is 17.2. The van der Waals surface area contributed by atoms with Crippen molar-refractivity contribution in [3.63, 3.8) is 0 Å². The highest BCUT2D eigenvalue weighted by Gasteiger charge is 2.18. The first kappa shape index (κ1) is 21.9. The van der Waals surface area contributed by atoms with Gasteiger partial charge >= 0.3 is 0 Å². The monoisotopic (exact) mass is 420 g/mol. The summed E-state index contributed by atoms with van der Waals surface area (Å²) in [5, 5.41) is 8.45. The second kappa shape index (κ2) is 10.3. The van der Waals surface area contributed by atoms with E-state index in [0.29, 0.717) is 24.3 Å². The Morgan fingerprint density at radius 2 is 1.68 bits per heavy atom. The van der Waals surface area contributed by atoms with E-state index in [0.717, 1.165) is 30.4 Å². The van der Waals surface area contributed by atoms with Crippen molar-refractivity contribution in [1.82, 2.24) is 15.4 Å². The molecule has 8 nitrogen and oxygen atoms in total. The number of hydroxylamine groups is 1. The lowest BCUT2D eigenvalue weighted by molar-refractivity contribution is -0.129. The van der Waals surface area contributed by atoms with Crippen molar-refractivity contribution in [2.75, 3.05) is 31.1 Å². The zero-order valence-corrected chi connectivity index (χ0v) is 17.2. The Hall–Kier alpha value is -3.78. The van der Waals surface area contributed by atoms with E-state index in [9.17, 15) is 14.4 Å². The minimum absolute atomic E-state index is 0.0998. The first-order valence-electron chi connectivity index (χ1n) is 9.87. The number of benzene rings is 1. The molecule has 0 saturated carbocycles. The van der Waals surface area contributed by atoms with Gasteiger partial charge in [-0.1, -0.05) is 6.07 Å². The molecule has 0 radical (unpaired) electrons. The number of piperazine rings is 1. The molecule has 0 aliphatic carbocycles. The Balaban J connectivity index is 1.57. The second-order valence-corrected chi connectivity index (χ2v) is 7.06. The van der Waals surface area contributed by atoms with Gasteiger partial charge in [-0.15, -0.1) is 0 Å². The molecule has 2 N–H and O–H groups in total. The molecule has 2 heterocycles. The van der Waals surface area contributed by atoms with Gasteiger partial charge in [0.05, 0.1) is 5.69 Å². The lowest BCUT2D eigenvalue weighted by Crippen LogP contribution is -2.48. The Kier molecular flexibility index (Phi) is 7.29. The number of ketones is 1. The maximum Gasteiger partial charge on any atom is 0.267 e. The number of carbonyl (C=O) groups is 3. The summed E-state index contributed by atoms with van der Waals surface area (Å²) in [5.41, 5.74) is 4.42.